The Balaban J connectivity index is 1.39. The molecule has 2 amide bonds. The number of carbonyl (C=O) groups excluding carboxylic acids is 1. The lowest BCUT2D eigenvalue weighted by Gasteiger charge is -2.56. The van der Waals surface area contributed by atoms with E-state index in [-0.39, 0.29) is 6.03 Å². The average Bonchev–Trinajstić information content (AvgIpc) is 2.55. The van der Waals surface area contributed by atoms with Crippen molar-refractivity contribution in [3.8, 4) is 5.75 Å². The number of nitrogens with one attached hydrogen (secondary N) is 2. The van der Waals surface area contributed by atoms with Gasteiger partial charge in [0.1, 0.15) is 5.75 Å². The summed E-state index contributed by atoms with van der Waals surface area (Å²) in [5, 5.41) is 6.70. The van der Waals surface area contributed by atoms with E-state index in [4.69, 9.17) is 16.3 Å². The summed E-state index contributed by atoms with van der Waals surface area (Å²) in [6, 6.07) is 3.44. The number of halogens is 1. The molecule has 0 saturated heterocycles. The van der Waals surface area contributed by atoms with Crippen molar-refractivity contribution in [2.24, 2.45) is 23.2 Å². The highest BCUT2D eigenvalue weighted by Crippen LogP contribution is 2.59. The van der Waals surface area contributed by atoms with Crippen molar-refractivity contribution in [2.75, 3.05) is 19.0 Å². The van der Waals surface area contributed by atoms with Crippen molar-refractivity contribution in [3.63, 3.8) is 0 Å². The molecule has 2 N–H and O–H groups in total. The van der Waals surface area contributed by atoms with Crippen LogP contribution in [-0.4, -0.2) is 19.7 Å². The summed E-state index contributed by atoms with van der Waals surface area (Å²) in [6.45, 7) is 2.71. The number of hydrogen-bond donors (Lipinski definition) is 2. The molecule has 4 aliphatic carbocycles. The first-order valence-electron chi connectivity index (χ1n) is 9.35. The molecule has 4 saturated carbocycles. The average molecular weight is 363 g/mol. The van der Waals surface area contributed by atoms with E-state index in [9.17, 15) is 4.79 Å². The fourth-order valence-electron chi connectivity index (χ4n) is 5.87. The third kappa shape index (κ3) is 3.33. The van der Waals surface area contributed by atoms with Gasteiger partial charge in [-0.15, -0.1) is 0 Å². The molecule has 4 bridgehead atoms. The number of methoxy groups -OCH3 is 1. The molecule has 25 heavy (non-hydrogen) atoms. The normalized spacial score (nSPS) is 32.5. The standard InChI is InChI=1S/C20H27ClN2O2/c1-12-3-17(18(25-2)7-16(12)21)23-19(24)22-11-20-8-13-4-14(9-20)6-15(5-13)10-20/h3,7,13-15H,4-6,8-11H2,1-2H3,(H2,22,23,24). The molecule has 0 heterocycles. The van der Waals surface area contributed by atoms with Gasteiger partial charge in [0.15, 0.2) is 0 Å². The van der Waals surface area contributed by atoms with Crippen LogP contribution in [0.1, 0.15) is 44.1 Å². The van der Waals surface area contributed by atoms with Gasteiger partial charge in [-0.05, 0) is 80.2 Å². The minimum Gasteiger partial charge on any atom is -0.495 e. The number of hydrogen-bond acceptors (Lipinski definition) is 2. The second kappa shape index (κ2) is 6.39. The summed E-state index contributed by atoms with van der Waals surface area (Å²) < 4.78 is 5.33. The molecular formula is C20H27ClN2O2. The Morgan fingerprint density at radius 1 is 1.20 bits per heavy atom. The molecule has 5 rings (SSSR count). The van der Waals surface area contributed by atoms with Crippen LogP contribution in [0.3, 0.4) is 0 Å². The van der Waals surface area contributed by atoms with Crippen LogP contribution in [0.25, 0.3) is 0 Å². The van der Waals surface area contributed by atoms with Crippen LogP contribution in [0.15, 0.2) is 12.1 Å². The maximum Gasteiger partial charge on any atom is 0.319 e. The monoisotopic (exact) mass is 362 g/mol. The summed E-state index contributed by atoms with van der Waals surface area (Å²) in [7, 11) is 1.58. The van der Waals surface area contributed by atoms with Crippen molar-refractivity contribution in [2.45, 2.75) is 45.4 Å². The van der Waals surface area contributed by atoms with Gasteiger partial charge >= 0.3 is 6.03 Å². The van der Waals surface area contributed by atoms with Crippen LogP contribution in [0.2, 0.25) is 5.02 Å². The van der Waals surface area contributed by atoms with Crippen LogP contribution in [0.5, 0.6) is 5.75 Å². The lowest BCUT2D eigenvalue weighted by atomic mass is 9.49. The molecule has 0 aromatic heterocycles. The van der Waals surface area contributed by atoms with Crippen LogP contribution >= 0.6 is 11.6 Å². The molecule has 0 atom stereocenters. The van der Waals surface area contributed by atoms with Crippen LogP contribution in [-0.2, 0) is 0 Å². The number of benzene rings is 1. The highest BCUT2D eigenvalue weighted by Gasteiger charge is 2.50. The molecule has 1 aromatic rings. The second-order valence-corrected chi connectivity index (χ2v) is 8.93. The predicted molar refractivity (Wildman–Crippen MR) is 100 cm³/mol. The molecule has 0 aliphatic heterocycles. The maximum atomic E-state index is 12.5. The van der Waals surface area contributed by atoms with Gasteiger partial charge in [-0.1, -0.05) is 11.6 Å². The molecule has 0 unspecified atom stereocenters. The third-order valence-electron chi connectivity index (χ3n) is 6.52. The van der Waals surface area contributed by atoms with E-state index in [0.29, 0.717) is 21.9 Å². The SMILES string of the molecule is COc1cc(Cl)c(C)cc1NC(=O)NCC12CC3CC(CC(C3)C1)C2. The Kier molecular flexibility index (Phi) is 4.35. The number of ether oxygens (including phenoxy) is 1. The van der Waals surface area contributed by atoms with E-state index in [1.165, 1.54) is 38.5 Å². The van der Waals surface area contributed by atoms with Crippen molar-refractivity contribution < 1.29 is 9.53 Å². The van der Waals surface area contributed by atoms with Gasteiger partial charge < -0.3 is 15.4 Å². The van der Waals surface area contributed by atoms with Gasteiger partial charge in [0, 0.05) is 17.6 Å². The van der Waals surface area contributed by atoms with Gasteiger partial charge in [0.05, 0.1) is 12.8 Å². The number of carbonyl (C=O) groups is 1. The van der Waals surface area contributed by atoms with E-state index in [1.54, 1.807) is 13.2 Å². The molecule has 4 nitrogen and oxygen atoms in total. The summed E-state index contributed by atoms with van der Waals surface area (Å²) in [4.78, 5) is 12.5. The number of anilines is 1. The van der Waals surface area contributed by atoms with Crippen molar-refractivity contribution in [1.29, 1.82) is 0 Å². The lowest BCUT2D eigenvalue weighted by Crippen LogP contribution is -2.51. The Morgan fingerprint density at radius 3 is 2.36 bits per heavy atom. The summed E-state index contributed by atoms with van der Waals surface area (Å²) in [5.41, 5.74) is 1.91. The summed E-state index contributed by atoms with van der Waals surface area (Å²) >= 11 is 6.13. The molecule has 0 spiro atoms. The zero-order chi connectivity index (χ0) is 17.6. The Bertz CT molecular complexity index is 653. The van der Waals surface area contributed by atoms with Gasteiger partial charge in [0.25, 0.3) is 0 Å². The highest BCUT2D eigenvalue weighted by atomic mass is 35.5. The first-order chi connectivity index (χ1) is 12.0. The molecule has 0 radical (unpaired) electrons. The maximum absolute atomic E-state index is 12.5. The Morgan fingerprint density at radius 2 is 1.80 bits per heavy atom. The van der Waals surface area contributed by atoms with Crippen molar-refractivity contribution in [3.05, 3.63) is 22.7 Å². The van der Waals surface area contributed by atoms with E-state index in [2.05, 4.69) is 10.6 Å². The number of rotatable bonds is 4. The number of urea groups is 1. The first-order valence-corrected chi connectivity index (χ1v) is 9.73. The third-order valence-corrected chi connectivity index (χ3v) is 6.93. The van der Waals surface area contributed by atoms with Gasteiger partial charge in [0.2, 0.25) is 0 Å². The molecule has 136 valence electrons. The molecule has 4 aliphatic rings. The fraction of sp³-hybridized carbons (Fsp3) is 0.650. The van der Waals surface area contributed by atoms with Crippen LogP contribution in [0, 0.1) is 30.1 Å². The quantitative estimate of drug-likeness (QED) is 0.792. The lowest BCUT2D eigenvalue weighted by molar-refractivity contribution is -0.0496. The van der Waals surface area contributed by atoms with E-state index < -0.39 is 0 Å². The molecule has 5 heteroatoms. The molecule has 1 aromatic carbocycles. The topological polar surface area (TPSA) is 50.4 Å². The molecular weight excluding hydrogens is 336 g/mol. The van der Waals surface area contributed by atoms with Crippen LogP contribution in [0.4, 0.5) is 10.5 Å². The smallest absolute Gasteiger partial charge is 0.319 e. The molecule has 4 fully saturated rings. The highest BCUT2D eigenvalue weighted by molar-refractivity contribution is 6.31. The zero-order valence-electron chi connectivity index (χ0n) is 15.0. The Hall–Kier alpha value is -1.42. The summed E-state index contributed by atoms with van der Waals surface area (Å²) in [6.07, 6.45) is 8.15. The minimum atomic E-state index is -0.157. The van der Waals surface area contributed by atoms with E-state index in [0.717, 1.165) is 29.9 Å². The van der Waals surface area contributed by atoms with E-state index >= 15 is 0 Å². The Labute approximate surface area is 154 Å². The van der Waals surface area contributed by atoms with E-state index in [1.807, 2.05) is 13.0 Å². The minimum absolute atomic E-state index is 0.157. The fourth-order valence-corrected chi connectivity index (χ4v) is 6.02. The first kappa shape index (κ1) is 17.0. The van der Waals surface area contributed by atoms with Crippen LogP contribution < -0.4 is 15.4 Å². The van der Waals surface area contributed by atoms with Gasteiger partial charge in [-0.25, -0.2) is 4.79 Å². The van der Waals surface area contributed by atoms with Gasteiger partial charge in [-0.2, -0.15) is 0 Å². The number of amides is 2. The van der Waals surface area contributed by atoms with Crippen molar-refractivity contribution >= 4 is 23.3 Å². The number of aryl methyl sites for hydroxylation is 1. The predicted octanol–water partition coefficient (Wildman–Crippen LogP) is 4.99. The second-order valence-electron chi connectivity index (χ2n) is 8.53. The zero-order valence-corrected chi connectivity index (χ0v) is 15.8. The van der Waals surface area contributed by atoms with Gasteiger partial charge in [-0.3, -0.25) is 0 Å². The summed E-state index contributed by atoms with van der Waals surface area (Å²) in [5.74, 6) is 3.28. The van der Waals surface area contributed by atoms with Crippen molar-refractivity contribution in [1.82, 2.24) is 5.32 Å². The largest absolute Gasteiger partial charge is 0.495 e.